The smallest absolute Gasteiger partial charge is 0.126 e. The molecule has 2 aromatic carbocycles. The summed E-state index contributed by atoms with van der Waals surface area (Å²) in [4.78, 5) is 0. The second kappa shape index (κ2) is 7.27. The second-order valence-electron chi connectivity index (χ2n) is 4.54. The summed E-state index contributed by atoms with van der Waals surface area (Å²) in [5.41, 5.74) is 0.421. The van der Waals surface area contributed by atoms with Gasteiger partial charge in [0.2, 0.25) is 0 Å². The summed E-state index contributed by atoms with van der Waals surface area (Å²) in [7, 11) is 0. The van der Waals surface area contributed by atoms with Crippen LogP contribution in [0.1, 0.15) is 12.0 Å². The van der Waals surface area contributed by atoms with E-state index in [1.54, 1.807) is 0 Å². The SMILES string of the molecule is OC(CCOc1ccccc1)Cc1cc(Cl)ccc1F. The van der Waals surface area contributed by atoms with E-state index in [0.717, 1.165) is 5.75 Å². The number of rotatable bonds is 6. The van der Waals surface area contributed by atoms with Crippen molar-refractivity contribution in [1.82, 2.24) is 0 Å². The summed E-state index contributed by atoms with van der Waals surface area (Å²) in [5, 5.41) is 10.4. The molecular formula is C16H16ClFO2. The van der Waals surface area contributed by atoms with Crippen molar-refractivity contribution in [3.8, 4) is 5.75 Å². The van der Waals surface area contributed by atoms with E-state index in [4.69, 9.17) is 16.3 Å². The Labute approximate surface area is 122 Å². The van der Waals surface area contributed by atoms with Gasteiger partial charge < -0.3 is 9.84 Å². The van der Waals surface area contributed by atoms with Crippen LogP contribution in [-0.2, 0) is 6.42 Å². The number of benzene rings is 2. The first-order valence-corrected chi connectivity index (χ1v) is 6.83. The third-order valence-corrected chi connectivity index (χ3v) is 3.16. The Kier molecular flexibility index (Phi) is 5.39. The number of hydrogen-bond donors (Lipinski definition) is 1. The van der Waals surface area contributed by atoms with Crippen molar-refractivity contribution in [3.63, 3.8) is 0 Å². The Morgan fingerprint density at radius 1 is 1.15 bits per heavy atom. The van der Waals surface area contributed by atoms with E-state index in [1.165, 1.54) is 18.2 Å². The monoisotopic (exact) mass is 294 g/mol. The molecule has 0 aliphatic heterocycles. The van der Waals surface area contributed by atoms with Crippen molar-refractivity contribution in [1.29, 1.82) is 0 Å². The molecule has 1 N–H and O–H groups in total. The lowest BCUT2D eigenvalue weighted by Crippen LogP contribution is -2.15. The molecule has 0 radical (unpaired) electrons. The minimum atomic E-state index is -0.660. The molecule has 2 aromatic rings. The maximum atomic E-state index is 13.5. The standard InChI is InChI=1S/C16H16ClFO2/c17-13-6-7-16(18)12(10-13)11-14(19)8-9-20-15-4-2-1-3-5-15/h1-7,10,14,19H,8-9,11H2. The number of para-hydroxylation sites is 1. The first kappa shape index (κ1) is 14.8. The molecule has 0 saturated carbocycles. The van der Waals surface area contributed by atoms with Crippen LogP contribution >= 0.6 is 11.6 Å². The van der Waals surface area contributed by atoms with Crippen LogP contribution in [0.5, 0.6) is 5.75 Å². The Balaban J connectivity index is 1.80. The Morgan fingerprint density at radius 3 is 2.65 bits per heavy atom. The molecule has 0 bridgehead atoms. The van der Waals surface area contributed by atoms with Gasteiger partial charge in [-0.05, 0) is 35.9 Å². The highest BCUT2D eigenvalue weighted by molar-refractivity contribution is 6.30. The number of hydrogen-bond acceptors (Lipinski definition) is 2. The van der Waals surface area contributed by atoms with E-state index in [1.807, 2.05) is 30.3 Å². The molecule has 2 nitrogen and oxygen atoms in total. The third-order valence-electron chi connectivity index (χ3n) is 2.93. The van der Waals surface area contributed by atoms with Crippen LogP contribution in [0.4, 0.5) is 4.39 Å². The normalized spacial score (nSPS) is 12.2. The molecule has 0 saturated heterocycles. The van der Waals surface area contributed by atoms with Crippen LogP contribution in [0, 0.1) is 5.82 Å². The highest BCUT2D eigenvalue weighted by Crippen LogP contribution is 2.17. The predicted octanol–water partition coefficient (Wildman–Crippen LogP) is 3.85. The van der Waals surface area contributed by atoms with Crippen LogP contribution in [-0.4, -0.2) is 17.8 Å². The first-order chi connectivity index (χ1) is 9.65. The average molecular weight is 295 g/mol. The average Bonchev–Trinajstić information content (AvgIpc) is 2.44. The fourth-order valence-corrected chi connectivity index (χ4v) is 2.08. The highest BCUT2D eigenvalue weighted by atomic mass is 35.5. The molecule has 0 fully saturated rings. The van der Waals surface area contributed by atoms with Gasteiger partial charge in [0.15, 0.2) is 0 Å². The number of ether oxygens (including phenoxy) is 1. The number of aliphatic hydroxyl groups excluding tert-OH is 1. The van der Waals surface area contributed by atoms with Gasteiger partial charge in [0.25, 0.3) is 0 Å². The molecule has 0 heterocycles. The van der Waals surface area contributed by atoms with Gasteiger partial charge in [-0.1, -0.05) is 29.8 Å². The van der Waals surface area contributed by atoms with Crippen molar-refractivity contribution in [2.75, 3.05) is 6.61 Å². The summed E-state index contributed by atoms with van der Waals surface area (Å²) in [5.74, 6) is 0.408. The molecule has 0 amide bonds. The number of halogens is 2. The summed E-state index contributed by atoms with van der Waals surface area (Å²) < 4.78 is 19.0. The van der Waals surface area contributed by atoms with E-state index in [9.17, 15) is 9.50 Å². The van der Waals surface area contributed by atoms with Crippen LogP contribution in [0.15, 0.2) is 48.5 Å². The summed E-state index contributed by atoms with van der Waals surface area (Å²) >= 11 is 5.81. The van der Waals surface area contributed by atoms with Crippen LogP contribution < -0.4 is 4.74 Å². The lowest BCUT2D eigenvalue weighted by Gasteiger charge is -2.12. The molecule has 2 rings (SSSR count). The van der Waals surface area contributed by atoms with E-state index >= 15 is 0 Å². The lowest BCUT2D eigenvalue weighted by atomic mass is 10.1. The topological polar surface area (TPSA) is 29.5 Å². The van der Waals surface area contributed by atoms with Crippen LogP contribution in [0.25, 0.3) is 0 Å². The quantitative estimate of drug-likeness (QED) is 0.877. The molecule has 4 heteroatoms. The Morgan fingerprint density at radius 2 is 1.90 bits per heavy atom. The minimum Gasteiger partial charge on any atom is -0.493 e. The highest BCUT2D eigenvalue weighted by Gasteiger charge is 2.10. The van der Waals surface area contributed by atoms with Gasteiger partial charge in [0, 0.05) is 17.9 Å². The van der Waals surface area contributed by atoms with Crippen molar-refractivity contribution >= 4 is 11.6 Å². The van der Waals surface area contributed by atoms with Crippen molar-refractivity contribution < 1.29 is 14.2 Å². The summed E-state index contributed by atoms with van der Waals surface area (Å²) in [6.45, 7) is 0.382. The van der Waals surface area contributed by atoms with Gasteiger partial charge in [-0.25, -0.2) is 4.39 Å². The van der Waals surface area contributed by atoms with Crippen LogP contribution in [0.3, 0.4) is 0 Å². The zero-order valence-electron chi connectivity index (χ0n) is 10.9. The van der Waals surface area contributed by atoms with Gasteiger partial charge in [-0.2, -0.15) is 0 Å². The summed E-state index contributed by atoms with van der Waals surface area (Å²) in [6.07, 6.45) is -0.00236. The molecule has 0 aliphatic carbocycles. The van der Waals surface area contributed by atoms with Crippen molar-refractivity contribution in [2.45, 2.75) is 18.9 Å². The molecule has 0 spiro atoms. The van der Waals surface area contributed by atoms with Crippen molar-refractivity contribution in [3.05, 3.63) is 64.9 Å². The van der Waals surface area contributed by atoms with E-state index in [0.29, 0.717) is 23.6 Å². The van der Waals surface area contributed by atoms with Gasteiger partial charge in [0.05, 0.1) is 12.7 Å². The molecular weight excluding hydrogens is 279 g/mol. The van der Waals surface area contributed by atoms with Gasteiger partial charge in [-0.3, -0.25) is 0 Å². The fourth-order valence-electron chi connectivity index (χ4n) is 1.89. The minimum absolute atomic E-state index is 0.227. The van der Waals surface area contributed by atoms with E-state index < -0.39 is 6.10 Å². The van der Waals surface area contributed by atoms with E-state index in [2.05, 4.69) is 0 Å². The molecule has 20 heavy (non-hydrogen) atoms. The predicted molar refractivity (Wildman–Crippen MR) is 77.7 cm³/mol. The zero-order chi connectivity index (χ0) is 14.4. The maximum absolute atomic E-state index is 13.5. The van der Waals surface area contributed by atoms with Gasteiger partial charge >= 0.3 is 0 Å². The van der Waals surface area contributed by atoms with Gasteiger partial charge in [-0.15, -0.1) is 0 Å². The lowest BCUT2D eigenvalue weighted by molar-refractivity contribution is 0.138. The van der Waals surface area contributed by atoms with E-state index in [-0.39, 0.29) is 12.2 Å². The third kappa shape index (κ3) is 4.51. The maximum Gasteiger partial charge on any atom is 0.126 e. The van der Waals surface area contributed by atoms with Crippen LogP contribution in [0.2, 0.25) is 5.02 Å². The summed E-state index contributed by atoms with van der Waals surface area (Å²) in [6, 6.07) is 13.7. The molecule has 1 atom stereocenters. The van der Waals surface area contributed by atoms with Crippen molar-refractivity contribution in [2.24, 2.45) is 0 Å². The molecule has 1 unspecified atom stereocenters. The molecule has 0 aliphatic rings. The largest absolute Gasteiger partial charge is 0.493 e. The van der Waals surface area contributed by atoms with Gasteiger partial charge in [0.1, 0.15) is 11.6 Å². The molecule has 0 aromatic heterocycles. The molecule has 106 valence electrons. The Bertz CT molecular complexity index is 545. The fraction of sp³-hybridized carbons (Fsp3) is 0.250. The number of aliphatic hydroxyl groups is 1. The Hall–Kier alpha value is -1.58. The first-order valence-electron chi connectivity index (χ1n) is 6.45. The second-order valence-corrected chi connectivity index (χ2v) is 4.98. The zero-order valence-corrected chi connectivity index (χ0v) is 11.7.